The van der Waals surface area contributed by atoms with Gasteiger partial charge in [-0.15, -0.1) is 0 Å². The monoisotopic (exact) mass is 300 g/mol. The predicted octanol–water partition coefficient (Wildman–Crippen LogP) is 3.31. The van der Waals surface area contributed by atoms with Crippen molar-refractivity contribution in [2.75, 3.05) is 5.32 Å². The van der Waals surface area contributed by atoms with E-state index in [4.69, 9.17) is 4.74 Å². The van der Waals surface area contributed by atoms with Crippen molar-refractivity contribution >= 4 is 17.3 Å². The lowest BCUT2D eigenvalue weighted by molar-refractivity contribution is -0.385. The second-order valence-electron chi connectivity index (χ2n) is 4.82. The first-order valence-corrected chi connectivity index (χ1v) is 6.75. The van der Waals surface area contributed by atoms with Gasteiger partial charge in [0.05, 0.1) is 4.92 Å². The van der Waals surface area contributed by atoms with Gasteiger partial charge in [0.2, 0.25) is 0 Å². The standard InChI is InChI=1S/C16H16N2O4/c1-11-8-9-13(10-15(11)18(20)21)17-16(19)12(2)22-14-6-4-3-5-7-14/h3-10,12H,1-2H3,(H,17,19). The minimum atomic E-state index is -0.720. The molecular formula is C16H16N2O4. The van der Waals surface area contributed by atoms with Crippen LogP contribution in [0.2, 0.25) is 0 Å². The van der Waals surface area contributed by atoms with Crippen molar-refractivity contribution in [3.8, 4) is 5.75 Å². The van der Waals surface area contributed by atoms with Crippen molar-refractivity contribution in [1.29, 1.82) is 0 Å². The van der Waals surface area contributed by atoms with Gasteiger partial charge >= 0.3 is 0 Å². The van der Waals surface area contributed by atoms with Crippen LogP contribution in [0.3, 0.4) is 0 Å². The van der Waals surface area contributed by atoms with Crippen LogP contribution in [0.1, 0.15) is 12.5 Å². The van der Waals surface area contributed by atoms with Gasteiger partial charge in [0.25, 0.3) is 11.6 Å². The summed E-state index contributed by atoms with van der Waals surface area (Å²) < 4.78 is 5.50. The van der Waals surface area contributed by atoms with Crippen molar-refractivity contribution in [2.45, 2.75) is 20.0 Å². The topological polar surface area (TPSA) is 81.5 Å². The summed E-state index contributed by atoms with van der Waals surface area (Å²) in [6.07, 6.45) is -0.720. The lowest BCUT2D eigenvalue weighted by Crippen LogP contribution is -2.30. The Bertz CT molecular complexity index is 686. The number of amides is 1. The van der Waals surface area contributed by atoms with Crippen LogP contribution in [0.4, 0.5) is 11.4 Å². The Morgan fingerprint density at radius 3 is 2.55 bits per heavy atom. The van der Waals surface area contributed by atoms with Gasteiger partial charge in [0, 0.05) is 17.3 Å². The molecule has 0 fully saturated rings. The fourth-order valence-electron chi connectivity index (χ4n) is 1.88. The number of ether oxygens (including phenoxy) is 1. The Labute approximate surface area is 127 Å². The summed E-state index contributed by atoms with van der Waals surface area (Å²) in [7, 11) is 0. The summed E-state index contributed by atoms with van der Waals surface area (Å²) in [4.78, 5) is 22.5. The van der Waals surface area contributed by atoms with E-state index in [0.29, 0.717) is 17.0 Å². The van der Waals surface area contributed by atoms with Gasteiger partial charge in [-0.25, -0.2) is 0 Å². The first kappa shape index (κ1) is 15.5. The zero-order chi connectivity index (χ0) is 16.1. The minimum Gasteiger partial charge on any atom is -0.481 e. The third-order valence-electron chi connectivity index (χ3n) is 3.10. The van der Waals surface area contributed by atoms with Gasteiger partial charge in [-0.2, -0.15) is 0 Å². The molecule has 2 aromatic rings. The van der Waals surface area contributed by atoms with Crippen LogP contribution >= 0.6 is 0 Å². The molecule has 0 saturated carbocycles. The number of anilines is 1. The molecule has 0 aliphatic rings. The maximum atomic E-state index is 12.1. The minimum absolute atomic E-state index is 0.0329. The lowest BCUT2D eigenvalue weighted by atomic mass is 10.2. The molecule has 0 bridgehead atoms. The van der Waals surface area contributed by atoms with E-state index in [2.05, 4.69) is 5.32 Å². The summed E-state index contributed by atoms with van der Waals surface area (Å²) in [6.45, 7) is 3.26. The molecule has 114 valence electrons. The number of benzene rings is 2. The number of nitro benzene ring substituents is 1. The van der Waals surface area contributed by atoms with Gasteiger partial charge in [-0.3, -0.25) is 14.9 Å². The third-order valence-corrected chi connectivity index (χ3v) is 3.10. The molecule has 6 nitrogen and oxygen atoms in total. The van der Waals surface area contributed by atoms with Crippen molar-refractivity contribution in [3.05, 3.63) is 64.2 Å². The third kappa shape index (κ3) is 3.82. The fraction of sp³-hybridized carbons (Fsp3) is 0.188. The van der Waals surface area contributed by atoms with E-state index < -0.39 is 11.0 Å². The number of carbonyl (C=O) groups is 1. The van der Waals surface area contributed by atoms with Crippen LogP contribution in [-0.2, 0) is 4.79 Å². The lowest BCUT2D eigenvalue weighted by Gasteiger charge is -2.14. The Morgan fingerprint density at radius 2 is 1.91 bits per heavy atom. The molecule has 0 spiro atoms. The van der Waals surface area contributed by atoms with E-state index in [-0.39, 0.29) is 11.6 Å². The molecule has 2 aromatic carbocycles. The van der Waals surface area contributed by atoms with Crippen LogP contribution in [0, 0.1) is 17.0 Å². The quantitative estimate of drug-likeness (QED) is 0.678. The highest BCUT2D eigenvalue weighted by Gasteiger charge is 2.17. The van der Waals surface area contributed by atoms with Gasteiger partial charge in [-0.05, 0) is 32.0 Å². The van der Waals surface area contributed by atoms with Gasteiger partial charge in [0.15, 0.2) is 6.10 Å². The summed E-state index contributed by atoms with van der Waals surface area (Å²) in [5, 5.41) is 13.5. The zero-order valence-electron chi connectivity index (χ0n) is 12.3. The number of nitrogens with one attached hydrogen (secondary N) is 1. The Kier molecular flexibility index (Phi) is 4.73. The average Bonchev–Trinajstić information content (AvgIpc) is 2.49. The molecule has 1 atom stereocenters. The molecule has 0 aliphatic carbocycles. The van der Waals surface area contributed by atoms with E-state index in [1.807, 2.05) is 18.2 Å². The van der Waals surface area contributed by atoms with E-state index >= 15 is 0 Å². The molecule has 6 heteroatoms. The highest BCUT2D eigenvalue weighted by Crippen LogP contribution is 2.22. The molecule has 22 heavy (non-hydrogen) atoms. The van der Waals surface area contributed by atoms with Crippen LogP contribution < -0.4 is 10.1 Å². The maximum Gasteiger partial charge on any atom is 0.274 e. The van der Waals surface area contributed by atoms with E-state index in [9.17, 15) is 14.9 Å². The molecule has 0 aliphatic heterocycles. The predicted molar refractivity (Wildman–Crippen MR) is 83.0 cm³/mol. The normalized spacial score (nSPS) is 11.5. The van der Waals surface area contributed by atoms with Crippen LogP contribution in [0.5, 0.6) is 5.75 Å². The number of hydrogen-bond acceptors (Lipinski definition) is 4. The molecule has 0 radical (unpaired) electrons. The largest absolute Gasteiger partial charge is 0.481 e. The second kappa shape index (κ2) is 6.71. The van der Waals surface area contributed by atoms with Gasteiger partial charge in [0.1, 0.15) is 5.75 Å². The number of aryl methyl sites for hydroxylation is 1. The highest BCUT2D eigenvalue weighted by atomic mass is 16.6. The van der Waals surface area contributed by atoms with Crippen LogP contribution in [0.25, 0.3) is 0 Å². The van der Waals surface area contributed by atoms with Gasteiger partial charge < -0.3 is 10.1 Å². The SMILES string of the molecule is Cc1ccc(NC(=O)C(C)Oc2ccccc2)cc1[N+](=O)[O-]. The van der Waals surface area contributed by atoms with Crippen LogP contribution in [0.15, 0.2) is 48.5 Å². The molecule has 1 N–H and O–H groups in total. The Hall–Kier alpha value is -2.89. The molecular weight excluding hydrogens is 284 g/mol. The number of hydrogen-bond donors (Lipinski definition) is 1. The van der Waals surface area contributed by atoms with Crippen molar-refractivity contribution < 1.29 is 14.5 Å². The molecule has 0 heterocycles. The Morgan fingerprint density at radius 1 is 1.23 bits per heavy atom. The number of nitrogens with zero attached hydrogens (tertiary/aromatic N) is 1. The van der Waals surface area contributed by atoms with Crippen LogP contribution in [-0.4, -0.2) is 16.9 Å². The summed E-state index contributed by atoms with van der Waals surface area (Å²) in [6, 6.07) is 13.5. The summed E-state index contributed by atoms with van der Waals surface area (Å²) >= 11 is 0. The van der Waals surface area contributed by atoms with Crippen molar-refractivity contribution in [2.24, 2.45) is 0 Å². The number of carbonyl (C=O) groups excluding carboxylic acids is 1. The summed E-state index contributed by atoms with van der Waals surface area (Å²) in [5.74, 6) is 0.210. The molecule has 1 amide bonds. The van der Waals surface area contributed by atoms with Gasteiger partial charge in [-0.1, -0.05) is 24.3 Å². The number of nitro groups is 1. The summed E-state index contributed by atoms with van der Waals surface area (Å²) in [5.41, 5.74) is 0.872. The smallest absolute Gasteiger partial charge is 0.274 e. The van der Waals surface area contributed by atoms with E-state index in [0.717, 1.165) is 0 Å². The molecule has 2 rings (SSSR count). The van der Waals surface area contributed by atoms with E-state index in [1.54, 1.807) is 38.1 Å². The van der Waals surface area contributed by atoms with E-state index in [1.165, 1.54) is 6.07 Å². The van der Waals surface area contributed by atoms with Crippen molar-refractivity contribution in [3.63, 3.8) is 0 Å². The molecule has 1 unspecified atom stereocenters. The van der Waals surface area contributed by atoms with Crippen molar-refractivity contribution in [1.82, 2.24) is 0 Å². The average molecular weight is 300 g/mol. The first-order chi connectivity index (χ1) is 10.5. The molecule has 0 aromatic heterocycles. The second-order valence-corrected chi connectivity index (χ2v) is 4.82. The first-order valence-electron chi connectivity index (χ1n) is 6.75. The highest BCUT2D eigenvalue weighted by molar-refractivity contribution is 5.94. The fourth-order valence-corrected chi connectivity index (χ4v) is 1.88. The molecule has 0 saturated heterocycles. The maximum absolute atomic E-state index is 12.1. The number of rotatable bonds is 5. The Balaban J connectivity index is 2.05. The number of para-hydroxylation sites is 1. The zero-order valence-corrected chi connectivity index (χ0v) is 12.3.